The molecule has 1 saturated carbocycles. The molecule has 0 bridgehead atoms. The van der Waals surface area contributed by atoms with Crippen molar-refractivity contribution < 1.29 is 37.4 Å². The SMILES string of the molecule is COc1ccc(C(N)=O)c(-c2c(Cl)c(F)cc3c2C(C)C(CNC2CCC(C(=O)N4CCC(c5cccc(-c6ccc7c(N8CCC(=O)NC8=O)nn(C)c7c6)c5)CC4)CC2)(c2ccccc2)O3)c1F. The average molecular weight is 971 g/mol. The number of imide groups is 1. The molecule has 1 aromatic heterocycles. The Labute approximate surface area is 409 Å². The number of nitrogens with one attached hydrogen (secondary N) is 2. The van der Waals surface area contributed by atoms with E-state index >= 15 is 8.78 Å². The molecule has 13 nitrogen and oxygen atoms in total. The van der Waals surface area contributed by atoms with Crippen molar-refractivity contribution in [1.29, 1.82) is 0 Å². The molecular formula is C54H54ClF2N7O6. The monoisotopic (exact) mass is 969 g/mol. The third kappa shape index (κ3) is 8.31. The van der Waals surface area contributed by atoms with Gasteiger partial charge in [0.2, 0.25) is 17.7 Å². The van der Waals surface area contributed by atoms with Crippen molar-refractivity contribution in [2.45, 2.75) is 75.3 Å². The molecule has 2 saturated heterocycles. The summed E-state index contributed by atoms with van der Waals surface area (Å²) in [5.74, 6) is -2.45. The average Bonchev–Trinajstić information content (AvgIpc) is 3.85. The van der Waals surface area contributed by atoms with E-state index in [0.29, 0.717) is 36.9 Å². The number of aryl methyl sites for hydroxylation is 1. The molecule has 4 N–H and O–H groups in total. The summed E-state index contributed by atoms with van der Waals surface area (Å²) in [4.78, 5) is 54.7. The Kier molecular flexibility index (Phi) is 12.6. The number of urea groups is 1. The highest BCUT2D eigenvalue weighted by Gasteiger charge is 2.50. The summed E-state index contributed by atoms with van der Waals surface area (Å²) < 4.78 is 45.9. The predicted octanol–water partition coefficient (Wildman–Crippen LogP) is 9.34. The topological polar surface area (TPSA) is 161 Å². The Morgan fingerprint density at radius 3 is 2.37 bits per heavy atom. The number of halogens is 3. The van der Waals surface area contributed by atoms with Gasteiger partial charge in [-0.1, -0.05) is 79.2 Å². The molecular weight excluding hydrogens is 916 g/mol. The van der Waals surface area contributed by atoms with Gasteiger partial charge < -0.3 is 25.4 Å². The highest BCUT2D eigenvalue weighted by molar-refractivity contribution is 6.34. The molecule has 3 aliphatic heterocycles. The van der Waals surface area contributed by atoms with Gasteiger partial charge in [0.05, 0.1) is 23.2 Å². The number of nitrogens with two attached hydrogens (primary N) is 1. The number of piperidine rings is 1. The Bertz CT molecular complexity index is 3060. The standard InChI is InChI=1S/C54H54ClF2N7O6/c1-30-45-43(28-40(56)48(55)47(45)46-39(50(58)66)18-19-42(69-3)49(46)57)70-54(30,36-10-5-4-6-11-36)29-59-37-15-12-32(13-16-37)52(67)63-23-20-31(21-24-63)33-8-7-9-34(26-33)35-14-17-38-41(27-35)62(2)61-51(38)64-25-22-44(65)60-53(64)68/h4-11,14,17-19,26-28,30-32,37,59H,12-13,15-16,20-25,29H2,1-3H3,(H2,58,66)(H,60,65,68). The molecule has 70 heavy (non-hydrogen) atoms. The molecule has 4 heterocycles. The number of anilines is 1. The molecule has 2 atom stereocenters. The number of amides is 5. The minimum Gasteiger partial charge on any atom is -0.494 e. The molecule has 3 fully saturated rings. The van der Waals surface area contributed by atoms with Crippen LogP contribution in [0.2, 0.25) is 5.02 Å². The second-order valence-electron chi connectivity index (χ2n) is 19.0. The van der Waals surface area contributed by atoms with Crippen LogP contribution < -0.4 is 30.7 Å². The zero-order valence-electron chi connectivity index (χ0n) is 39.2. The van der Waals surface area contributed by atoms with E-state index < -0.39 is 35.1 Å². The number of aromatic nitrogens is 2. The highest BCUT2D eigenvalue weighted by Crippen LogP contribution is 2.56. The van der Waals surface area contributed by atoms with Crippen molar-refractivity contribution in [1.82, 2.24) is 25.3 Å². The Hall–Kier alpha value is -6.84. The maximum atomic E-state index is 16.2. The fourth-order valence-electron chi connectivity index (χ4n) is 11.3. The van der Waals surface area contributed by atoms with Crippen molar-refractivity contribution in [3.8, 4) is 33.8 Å². The Balaban J connectivity index is 0.788. The first-order valence-electron chi connectivity index (χ1n) is 23.9. The van der Waals surface area contributed by atoms with Crippen LogP contribution in [0.3, 0.4) is 0 Å². The van der Waals surface area contributed by atoms with E-state index in [0.717, 1.165) is 66.1 Å². The van der Waals surface area contributed by atoms with Crippen LogP contribution in [0.5, 0.6) is 11.5 Å². The van der Waals surface area contributed by atoms with Crippen molar-refractivity contribution >= 4 is 52.1 Å². The lowest BCUT2D eigenvalue weighted by atomic mass is 9.77. The van der Waals surface area contributed by atoms with Gasteiger partial charge in [0.1, 0.15) is 11.6 Å². The molecule has 16 heteroatoms. The third-order valence-electron chi connectivity index (χ3n) is 15.1. The van der Waals surface area contributed by atoms with E-state index in [2.05, 4.69) is 46.1 Å². The van der Waals surface area contributed by atoms with Gasteiger partial charge in [0.15, 0.2) is 23.0 Å². The Morgan fingerprint density at radius 2 is 1.66 bits per heavy atom. The molecule has 2 unspecified atom stereocenters. The van der Waals surface area contributed by atoms with Crippen LogP contribution in [-0.4, -0.2) is 77.8 Å². The summed E-state index contributed by atoms with van der Waals surface area (Å²) in [7, 11) is 3.15. The van der Waals surface area contributed by atoms with Crippen molar-refractivity contribution in [3.05, 3.63) is 130 Å². The number of primary amides is 1. The number of likely N-dealkylation sites (tertiary alicyclic amines) is 1. The molecule has 6 aromatic rings. The van der Waals surface area contributed by atoms with Crippen LogP contribution in [0.15, 0.2) is 91.0 Å². The number of hydrogen-bond donors (Lipinski definition) is 3. The maximum absolute atomic E-state index is 16.2. The first-order valence-corrected chi connectivity index (χ1v) is 24.3. The molecule has 0 radical (unpaired) electrons. The summed E-state index contributed by atoms with van der Waals surface area (Å²) in [6, 6.07) is 27.8. The molecule has 5 amide bonds. The number of methoxy groups -OCH3 is 1. The van der Waals surface area contributed by atoms with E-state index in [1.807, 2.05) is 61.3 Å². The van der Waals surface area contributed by atoms with Crippen LogP contribution in [-0.2, 0) is 22.2 Å². The largest absolute Gasteiger partial charge is 0.494 e. The van der Waals surface area contributed by atoms with Crippen molar-refractivity contribution in [3.63, 3.8) is 0 Å². The summed E-state index contributed by atoms with van der Waals surface area (Å²) >= 11 is 6.70. The van der Waals surface area contributed by atoms with Gasteiger partial charge in [0.25, 0.3) is 0 Å². The Morgan fingerprint density at radius 1 is 0.914 bits per heavy atom. The lowest BCUT2D eigenvalue weighted by molar-refractivity contribution is -0.137. The van der Waals surface area contributed by atoms with E-state index in [4.69, 9.17) is 26.8 Å². The molecule has 10 rings (SSSR count). The van der Waals surface area contributed by atoms with Gasteiger partial charge in [-0.3, -0.25) is 29.3 Å². The second kappa shape index (κ2) is 18.8. The maximum Gasteiger partial charge on any atom is 0.329 e. The summed E-state index contributed by atoms with van der Waals surface area (Å²) in [6.45, 7) is 3.90. The van der Waals surface area contributed by atoms with E-state index in [9.17, 15) is 19.2 Å². The minimum absolute atomic E-state index is 0.00826. The van der Waals surface area contributed by atoms with Crippen molar-refractivity contribution in [2.24, 2.45) is 18.7 Å². The van der Waals surface area contributed by atoms with Gasteiger partial charge in [0, 0.05) is 85.7 Å². The van der Waals surface area contributed by atoms with Crippen LogP contribution in [0.25, 0.3) is 33.2 Å². The van der Waals surface area contributed by atoms with Crippen LogP contribution in [0.1, 0.15) is 90.8 Å². The predicted molar refractivity (Wildman–Crippen MR) is 263 cm³/mol. The lowest BCUT2D eigenvalue weighted by Gasteiger charge is -2.38. The van der Waals surface area contributed by atoms with Gasteiger partial charge in [-0.25, -0.2) is 13.6 Å². The molecule has 1 aliphatic carbocycles. The number of fused-ring (bicyclic) bond motifs is 2. The molecule has 0 spiro atoms. The van der Waals surface area contributed by atoms with Crippen LogP contribution >= 0.6 is 11.6 Å². The number of benzene rings is 5. The highest BCUT2D eigenvalue weighted by atomic mass is 35.5. The quantitative estimate of drug-likeness (QED) is 0.116. The zero-order valence-corrected chi connectivity index (χ0v) is 40.0. The summed E-state index contributed by atoms with van der Waals surface area (Å²) in [5, 5.41) is 11.2. The van der Waals surface area contributed by atoms with E-state index in [-0.39, 0.29) is 70.0 Å². The number of carbonyl (C=O) groups is 4. The van der Waals surface area contributed by atoms with Crippen molar-refractivity contribution in [2.75, 3.05) is 38.2 Å². The zero-order chi connectivity index (χ0) is 49.0. The van der Waals surface area contributed by atoms with Gasteiger partial charge in [-0.15, -0.1) is 0 Å². The summed E-state index contributed by atoms with van der Waals surface area (Å²) in [5.41, 5.74) is 9.73. The number of nitrogens with zero attached hydrogens (tertiary/aromatic N) is 4. The van der Waals surface area contributed by atoms with Crippen LogP contribution in [0.4, 0.5) is 19.4 Å². The normalized spacial score (nSPS) is 21.7. The second-order valence-corrected chi connectivity index (χ2v) is 19.4. The number of ether oxygens (including phenoxy) is 2. The van der Waals surface area contributed by atoms with E-state index in [1.54, 1.807) is 4.68 Å². The first-order chi connectivity index (χ1) is 33.8. The number of rotatable bonds is 11. The van der Waals surface area contributed by atoms with Crippen LogP contribution in [0, 0.1) is 17.6 Å². The number of hydrogen-bond acceptors (Lipinski definition) is 8. The smallest absolute Gasteiger partial charge is 0.329 e. The molecule has 5 aromatic carbocycles. The van der Waals surface area contributed by atoms with Gasteiger partial charge >= 0.3 is 6.03 Å². The molecule has 362 valence electrons. The number of carbonyl (C=O) groups excluding carboxylic acids is 4. The minimum atomic E-state index is -1.08. The van der Waals surface area contributed by atoms with Gasteiger partial charge in [-0.05, 0) is 91.0 Å². The third-order valence-corrected chi connectivity index (χ3v) is 15.5. The van der Waals surface area contributed by atoms with Gasteiger partial charge in [-0.2, -0.15) is 5.10 Å². The fourth-order valence-corrected chi connectivity index (χ4v) is 11.5. The van der Waals surface area contributed by atoms with E-state index in [1.165, 1.54) is 35.8 Å². The first kappa shape index (κ1) is 46.9. The molecule has 4 aliphatic rings. The lowest BCUT2D eigenvalue weighted by Crippen LogP contribution is -2.49. The fraction of sp³-hybridized carbons (Fsp3) is 0.352. The summed E-state index contributed by atoms with van der Waals surface area (Å²) in [6.07, 6.45) is 4.96.